The van der Waals surface area contributed by atoms with Crippen molar-refractivity contribution >= 4 is 17.6 Å². The second-order valence-electron chi connectivity index (χ2n) is 7.77. The molecule has 0 aliphatic rings. The van der Waals surface area contributed by atoms with Gasteiger partial charge in [0.2, 0.25) is 0 Å². The average molecular weight is 516 g/mol. The van der Waals surface area contributed by atoms with Crippen molar-refractivity contribution in [3.05, 3.63) is 54.4 Å². The molecule has 0 saturated carbocycles. The Kier molecular flexibility index (Phi) is 7.32. The highest BCUT2D eigenvalue weighted by Gasteiger charge is 2.34. The minimum Gasteiger partial charge on any atom is -0.493 e. The van der Waals surface area contributed by atoms with Crippen molar-refractivity contribution in [1.29, 1.82) is 0 Å². The first-order valence-electron chi connectivity index (χ1n) is 11.0. The minimum absolute atomic E-state index is 0.168. The summed E-state index contributed by atoms with van der Waals surface area (Å²) in [5, 5.41) is 7.14. The SMILES string of the molecule is COC(=O)NCCCOc1ccc(-c2ccc3ncc(-c4cnc(N)c(C(F)(F)F)c4)n3n2)cc1OC. The van der Waals surface area contributed by atoms with Crippen LogP contribution < -0.4 is 20.5 Å². The van der Waals surface area contributed by atoms with Gasteiger partial charge in [0.05, 0.1) is 44.0 Å². The van der Waals surface area contributed by atoms with Crippen molar-refractivity contribution in [2.75, 3.05) is 33.1 Å². The maximum atomic E-state index is 13.3. The van der Waals surface area contributed by atoms with Gasteiger partial charge in [0.25, 0.3) is 0 Å². The van der Waals surface area contributed by atoms with E-state index in [9.17, 15) is 18.0 Å². The molecule has 0 unspecified atom stereocenters. The Morgan fingerprint density at radius 1 is 1.05 bits per heavy atom. The topological polar surface area (TPSA) is 126 Å². The van der Waals surface area contributed by atoms with E-state index in [-0.39, 0.29) is 5.56 Å². The Hall–Kier alpha value is -4.55. The third kappa shape index (κ3) is 5.66. The molecule has 194 valence electrons. The number of alkyl halides is 3. The van der Waals surface area contributed by atoms with Crippen molar-refractivity contribution in [2.24, 2.45) is 0 Å². The van der Waals surface area contributed by atoms with Gasteiger partial charge in [0.1, 0.15) is 5.82 Å². The number of rotatable bonds is 8. The number of imidazole rings is 1. The summed E-state index contributed by atoms with van der Waals surface area (Å²) in [5.74, 6) is 0.359. The lowest BCUT2D eigenvalue weighted by Crippen LogP contribution is -2.25. The molecule has 3 aromatic heterocycles. The Morgan fingerprint density at radius 3 is 2.59 bits per heavy atom. The molecular formula is C24H23F3N6O4. The maximum absolute atomic E-state index is 13.3. The zero-order valence-corrected chi connectivity index (χ0v) is 19.9. The van der Waals surface area contributed by atoms with Gasteiger partial charge < -0.3 is 25.3 Å². The fourth-order valence-corrected chi connectivity index (χ4v) is 3.53. The molecule has 0 aliphatic heterocycles. The number of nitrogen functional groups attached to an aromatic ring is 1. The summed E-state index contributed by atoms with van der Waals surface area (Å²) in [5.41, 5.74) is 6.54. The van der Waals surface area contributed by atoms with Crippen molar-refractivity contribution < 1.29 is 32.2 Å². The number of fused-ring (bicyclic) bond motifs is 1. The molecule has 0 bridgehead atoms. The number of carbonyl (C=O) groups is 1. The minimum atomic E-state index is -4.65. The summed E-state index contributed by atoms with van der Waals surface area (Å²) in [6, 6.07) is 9.61. The molecule has 0 spiro atoms. The van der Waals surface area contributed by atoms with Crippen LogP contribution in [0.15, 0.2) is 48.8 Å². The normalized spacial score (nSPS) is 11.4. The number of ether oxygens (including phenoxy) is 3. The molecule has 3 heterocycles. The second-order valence-corrected chi connectivity index (χ2v) is 7.77. The molecule has 0 fully saturated rings. The number of alkyl carbamates (subject to hydrolysis) is 1. The summed E-state index contributed by atoms with van der Waals surface area (Å²) >= 11 is 0. The predicted molar refractivity (Wildman–Crippen MR) is 128 cm³/mol. The molecule has 0 radical (unpaired) electrons. The molecule has 4 aromatic rings. The number of nitrogens with one attached hydrogen (secondary N) is 1. The molecule has 0 aliphatic carbocycles. The van der Waals surface area contributed by atoms with E-state index in [2.05, 4.69) is 25.1 Å². The van der Waals surface area contributed by atoms with Gasteiger partial charge in [-0.1, -0.05) is 0 Å². The van der Waals surface area contributed by atoms with E-state index in [0.29, 0.717) is 53.7 Å². The van der Waals surface area contributed by atoms with Crippen LogP contribution >= 0.6 is 0 Å². The largest absolute Gasteiger partial charge is 0.493 e. The van der Waals surface area contributed by atoms with Crippen LogP contribution in [0.2, 0.25) is 0 Å². The average Bonchev–Trinajstić information content (AvgIpc) is 3.31. The number of methoxy groups -OCH3 is 2. The van der Waals surface area contributed by atoms with E-state index in [4.69, 9.17) is 15.2 Å². The van der Waals surface area contributed by atoms with E-state index in [1.807, 2.05) is 0 Å². The summed E-state index contributed by atoms with van der Waals surface area (Å²) in [6.07, 6.45) is -1.94. The van der Waals surface area contributed by atoms with Crippen LogP contribution in [0.5, 0.6) is 11.5 Å². The number of benzene rings is 1. The van der Waals surface area contributed by atoms with Crippen LogP contribution in [-0.4, -0.2) is 53.0 Å². The van der Waals surface area contributed by atoms with E-state index in [1.54, 1.807) is 30.3 Å². The first-order valence-corrected chi connectivity index (χ1v) is 11.0. The highest BCUT2D eigenvalue weighted by molar-refractivity contribution is 5.69. The van der Waals surface area contributed by atoms with Crippen molar-refractivity contribution in [1.82, 2.24) is 24.9 Å². The molecule has 0 saturated heterocycles. The summed E-state index contributed by atoms with van der Waals surface area (Å²) in [6.45, 7) is 0.718. The van der Waals surface area contributed by atoms with Crippen molar-refractivity contribution in [2.45, 2.75) is 12.6 Å². The van der Waals surface area contributed by atoms with Gasteiger partial charge in [-0.05, 0) is 42.8 Å². The van der Waals surface area contributed by atoms with E-state index >= 15 is 0 Å². The number of carbonyl (C=O) groups excluding carboxylic acids is 1. The quantitative estimate of drug-likeness (QED) is 0.334. The third-order valence-electron chi connectivity index (χ3n) is 5.37. The molecular weight excluding hydrogens is 493 g/mol. The number of aromatic nitrogens is 4. The number of nitrogens with zero attached hydrogens (tertiary/aromatic N) is 4. The molecule has 1 amide bonds. The number of pyridine rings is 1. The van der Waals surface area contributed by atoms with Crippen LogP contribution in [0.1, 0.15) is 12.0 Å². The van der Waals surface area contributed by atoms with Crippen LogP contribution in [0.3, 0.4) is 0 Å². The second kappa shape index (κ2) is 10.6. The standard InChI is InChI=1S/C24H23F3N6O4/c1-35-20-11-14(4-6-19(20)37-9-3-8-29-23(34)36-2)17-5-7-21-30-13-18(33(21)32-17)15-10-16(24(25,26)27)22(28)31-12-15/h4-7,10-13H,3,8-9H2,1-2H3,(H2,28,31)(H,29,34). The fourth-order valence-electron chi connectivity index (χ4n) is 3.53. The molecule has 1 aromatic carbocycles. The summed E-state index contributed by atoms with van der Waals surface area (Å²) in [7, 11) is 2.79. The van der Waals surface area contributed by atoms with E-state index in [0.717, 1.165) is 6.07 Å². The lowest BCUT2D eigenvalue weighted by Gasteiger charge is -2.13. The smallest absolute Gasteiger partial charge is 0.419 e. The summed E-state index contributed by atoms with van der Waals surface area (Å²) in [4.78, 5) is 19.0. The number of nitrogens with two attached hydrogens (primary N) is 1. The molecule has 10 nitrogen and oxygen atoms in total. The van der Waals surface area contributed by atoms with Crippen LogP contribution in [0.4, 0.5) is 23.8 Å². The Morgan fingerprint density at radius 2 is 1.86 bits per heavy atom. The first-order chi connectivity index (χ1) is 17.7. The number of anilines is 1. The van der Waals surface area contributed by atoms with Crippen molar-refractivity contribution in [3.63, 3.8) is 0 Å². The van der Waals surface area contributed by atoms with Crippen LogP contribution in [0.25, 0.3) is 28.2 Å². The Balaban J connectivity index is 1.59. The lowest BCUT2D eigenvalue weighted by molar-refractivity contribution is -0.137. The molecule has 13 heteroatoms. The molecule has 4 rings (SSSR count). The van der Waals surface area contributed by atoms with Gasteiger partial charge in [-0.15, -0.1) is 0 Å². The number of hydrogen-bond acceptors (Lipinski definition) is 8. The first kappa shape index (κ1) is 25.5. The number of halogens is 3. The van der Waals surface area contributed by atoms with Gasteiger partial charge >= 0.3 is 12.3 Å². The van der Waals surface area contributed by atoms with Crippen molar-refractivity contribution in [3.8, 4) is 34.0 Å². The van der Waals surface area contributed by atoms with Gasteiger partial charge in [0, 0.05) is 23.9 Å². The number of amides is 1. The highest BCUT2D eigenvalue weighted by Crippen LogP contribution is 2.36. The molecule has 3 N–H and O–H groups in total. The van der Waals surface area contributed by atoms with Gasteiger partial charge in [-0.25, -0.2) is 19.3 Å². The Bertz CT molecular complexity index is 1420. The molecule has 0 atom stereocenters. The monoisotopic (exact) mass is 516 g/mol. The zero-order valence-electron chi connectivity index (χ0n) is 19.9. The van der Waals surface area contributed by atoms with E-state index in [1.165, 1.54) is 31.1 Å². The lowest BCUT2D eigenvalue weighted by atomic mass is 10.1. The zero-order chi connectivity index (χ0) is 26.6. The van der Waals surface area contributed by atoms with Gasteiger partial charge in [-0.2, -0.15) is 18.3 Å². The highest BCUT2D eigenvalue weighted by atomic mass is 19.4. The van der Waals surface area contributed by atoms with Crippen LogP contribution in [0, 0.1) is 0 Å². The molecule has 37 heavy (non-hydrogen) atoms. The van der Waals surface area contributed by atoms with Crippen LogP contribution in [-0.2, 0) is 10.9 Å². The third-order valence-corrected chi connectivity index (χ3v) is 5.37. The van der Waals surface area contributed by atoms with E-state index < -0.39 is 23.7 Å². The predicted octanol–water partition coefficient (Wildman–Crippen LogP) is 4.19. The maximum Gasteiger partial charge on any atom is 0.419 e. The van der Waals surface area contributed by atoms with Gasteiger partial charge in [0.15, 0.2) is 17.1 Å². The summed E-state index contributed by atoms with van der Waals surface area (Å²) < 4.78 is 57.2. The Labute approximate surface area is 209 Å². The fraction of sp³-hybridized carbons (Fsp3) is 0.250. The number of hydrogen-bond donors (Lipinski definition) is 2. The van der Waals surface area contributed by atoms with Gasteiger partial charge in [-0.3, -0.25) is 0 Å².